The van der Waals surface area contributed by atoms with Crippen molar-refractivity contribution in [1.82, 2.24) is 14.8 Å². The summed E-state index contributed by atoms with van der Waals surface area (Å²) in [5.41, 5.74) is 2.82. The van der Waals surface area contributed by atoms with E-state index in [1.54, 1.807) is 42.8 Å². The molecule has 4 aromatic rings. The Morgan fingerprint density at radius 1 is 1.16 bits per heavy atom. The van der Waals surface area contributed by atoms with Crippen molar-refractivity contribution in [3.8, 4) is 17.2 Å². The fourth-order valence-electron chi connectivity index (χ4n) is 4.06. The van der Waals surface area contributed by atoms with Crippen molar-refractivity contribution in [2.45, 2.75) is 20.3 Å². The zero-order valence-electron chi connectivity index (χ0n) is 19.8. The van der Waals surface area contributed by atoms with E-state index in [9.17, 15) is 18.4 Å². The molecule has 2 heterocycles. The molecule has 37 heavy (non-hydrogen) atoms. The molecule has 0 saturated heterocycles. The predicted molar refractivity (Wildman–Crippen MR) is 133 cm³/mol. The van der Waals surface area contributed by atoms with Crippen LogP contribution in [-0.2, 0) is 11.2 Å². The summed E-state index contributed by atoms with van der Waals surface area (Å²) in [5, 5.41) is 10.6. The fourth-order valence-corrected chi connectivity index (χ4v) is 4.06. The number of pyridine rings is 1. The highest BCUT2D eigenvalue weighted by molar-refractivity contribution is 5.99. The number of nitrogens with one attached hydrogen (secondary N) is 1. The summed E-state index contributed by atoms with van der Waals surface area (Å²) in [5.74, 6) is -1.37. The molecule has 0 bridgehead atoms. The molecule has 0 aliphatic heterocycles. The van der Waals surface area contributed by atoms with Crippen molar-refractivity contribution in [3.63, 3.8) is 0 Å². The molecule has 1 aliphatic rings. The number of aryl methyl sites for hydroxylation is 2. The van der Waals surface area contributed by atoms with Crippen LogP contribution in [0.3, 0.4) is 0 Å². The van der Waals surface area contributed by atoms with Gasteiger partial charge in [0.15, 0.2) is 22.7 Å². The molecule has 2 aromatic heterocycles. The Morgan fingerprint density at radius 2 is 1.95 bits per heavy atom. The van der Waals surface area contributed by atoms with Crippen LogP contribution in [0.5, 0.6) is 11.5 Å². The van der Waals surface area contributed by atoms with E-state index in [1.165, 1.54) is 12.1 Å². The van der Waals surface area contributed by atoms with Crippen molar-refractivity contribution in [2.24, 2.45) is 0 Å². The fraction of sp³-hybridized carbons (Fsp3) is 0.111. The van der Waals surface area contributed by atoms with Gasteiger partial charge in [0, 0.05) is 48.0 Å². The van der Waals surface area contributed by atoms with Crippen LogP contribution in [0.4, 0.5) is 14.5 Å². The second kappa shape index (κ2) is 9.30. The van der Waals surface area contributed by atoms with Gasteiger partial charge in [0.05, 0.1) is 11.4 Å². The number of fused-ring (bicyclic) bond motifs is 1. The molecule has 5 rings (SSSR count). The third-order valence-electron chi connectivity index (χ3n) is 5.79. The van der Waals surface area contributed by atoms with Crippen molar-refractivity contribution in [3.05, 3.63) is 106 Å². The summed E-state index contributed by atoms with van der Waals surface area (Å²) in [7, 11) is 0. The number of allylic oxidation sites excluding steroid dienone is 1. The molecular weight excluding hydrogens is 482 g/mol. The molecule has 1 aliphatic carbocycles. The molecule has 0 fully saturated rings. The van der Waals surface area contributed by atoms with Crippen LogP contribution in [0, 0.1) is 25.5 Å². The Morgan fingerprint density at radius 3 is 2.65 bits per heavy atom. The van der Waals surface area contributed by atoms with Crippen LogP contribution in [0.1, 0.15) is 28.6 Å². The molecule has 2 aromatic carbocycles. The van der Waals surface area contributed by atoms with Gasteiger partial charge < -0.3 is 19.0 Å². The zero-order chi connectivity index (χ0) is 26.3. The molecule has 1 amide bonds. The number of benzene rings is 2. The smallest absolute Gasteiger partial charge is 0.247 e. The van der Waals surface area contributed by atoms with Gasteiger partial charge in [0.2, 0.25) is 17.7 Å². The van der Waals surface area contributed by atoms with Crippen LogP contribution in [0.15, 0.2) is 64.5 Å². The third-order valence-corrected chi connectivity index (χ3v) is 5.79. The Hall–Kier alpha value is -4.86. The van der Waals surface area contributed by atoms with E-state index in [0.29, 0.717) is 45.6 Å². The van der Waals surface area contributed by atoms with Crippen LogP contribution in [0.2, 0.25) is 0 Å². The number of carbonyl (C=O) groups is 1. The van der Waals surface area contributed by atoms with Crippen molar-refractivity contribution in [2.75, 3.05) is 5.32 Å². The molecule has 0 atom stereocenters. The van der Waals surface area contributed by atoms with Crippen LogP contribution < -0.4 is 15.5 Å². The van der Waals surface area contributed by atoms with E-state index in [0.717, 1.165) is 18.2 Å². The van der Waals surface area contributed by atoms with Crippen molar-refractivity contribution in [1.29, 1.82) is 0 Å². The number of amides is 1. The number of nitrogens with zero attached hydrogens (tertiary/aromatic N) is 3. The number of halogens is 2. The van der Waals surface area contributed by atoms with Gasteiger partial charge in [-0.1, -0.05) is 6.58 Å². The second-order valence-electron chi connectivity index (χ2n) is 8.40. The molecule has 10 heteroatoms. The normalized spacial score (nSPS) is 12.2. The number of rotatable bonds is 6. The first-order chi connectivity index (χ1) is 17.7. The summed E-state index contributed by atoms with van der Waals surface area (Å²) in [6, 6.07) is 7.71. The number of aromatic nitrogens is 3. The summed E-state index contributed by atoms with van der Waals surface area (Å²) in [6.07, 6.45) is 4.79. The first-order valence-corrected chi connectivity index (χ1v) is 11.2. The zero-order valence-corrected chi connectivity index (χ0v) is 19.8. The number of hydrogen-bond donors (Lipinski definition) is 1. The van der Waals surface area contributed by atoms with E-state index in [-0.39, 0.29) is 23.3 Å². The van der Waals surface area contributed by atoms with Crippen LogP contribution in [0.25, 0.3) is 17.3 Å². The SMILES string of the molecule is C=CC(=O)Nc1ccc(Oc2ccc(F)cc2F)c(-n2cc(C)c(=O)c3c2C=C(c2nnc(C)o2)C3)c1. The lowest BCUT2D eigenvalue weighted by Gasteiger charge is -2.19. The van der Waals surface area contributed by atoms with Crippen molar-refractivity contribution < 1.29 is 22.7 Å². The maximum Gasteiger partial charge on any atom is 0.247 e. The molecule has 0 saturated carbocycles. The highest BCUT2D eigenvalue weighted by atomic mass is 19.1. The summed E-state index contributed by atoms with van der Waals surface area (Å²) in [6.45, 7) is 6.81. The maximum atomic E-state index is 14.4. The number of hydrogen-bond acceptors (Lipinski definition) is 6. The van der Waals surface area contributed by atoms with Gasteiger partial charge in [0.25, 0.3) is 0 Å². The predicted octanol–water partition coefficient (Wildman–Crippen LogP) is 5.13. The van der Waals surface area contributed by atoms with E-state index in [1.807, 2.05) is 0 Å². The monoisotopic (exact) mass is 502 g/mol. The van der Waals surface area contributed by atoms with E-state index in [2.05, 4.69) is 22.1 Å². The summed E-state index contributed by atoms with van der Waals surface area (Å²) < 4.78 is 41.0. The van der Waals surface area contributed by atoms with Gasteiger partial charge in [-0.25, -0.2) is 8.78 Å². The van der Waals surface area contributed by atoms with Crippen LogP contribution in [-0.4, -0.2) is 20.7 Å². The molecule has 0 radical (unpaired) electrons. The topological polar surface area (TPSA) is 99.2 Å². The standard InChI is InChI=1S/C27H20F2N4O4/c1-4-25(34)30-18-6-8-24(37-23-7-5-17(28)11-20(23)29)22(12-18)33-13-14(2)26(35)19-9-16(10-21(19)33)27-32-31-15(3)36-27/h4-8,10-13H,1,9H2,2-3H3,(H,30,34). The first-order valence-electron chi connectivity index (χ1n) is 11.2. The Balaban J connectivity index is 1.69. The number of anilines is 1. The van der Waals surface area contributed by atoms with Gasteiger partial charge in [-0.2, -0.15) is 0 Å². The maximum absolute atomic E-state index is 14.4. The van der Waals surface area contributed by atoms with Gasteiger partial charge in [0.1, 0.15) is 5.82 Å². The third kappa shape index (κ3) is 4.56. The molecule has 0 unspecified atom stereocenters. The second-order valence-corrected chi connectivity index (χ2v) is 8.40. The Bertz CT molecular complexity index is 1670. The summed E-state index contributed by atoms with van der Waals surface area (Å²) in [4.78, 5) is 25.0. The minimum atomic E-state index is -0.884. The van der Waals surface area contributed by atoms with Crippen molar-refractivity contribution >= 4 is 23.2 Å². The first kappa shape index (κ1) is 23.9. The molecule has 0 spiro atoms. The lowest BCUT2D eigenvalue weighted by Crippen LogP contribution is -2.18. The summed E-state index contributed by atoms with van der Waals surface area (Å²) >= 11 is 0. The Labute approximate surface area is 209 Å². The molecule has 1 N–H and O–H groups in total. The van der Waals surface area contributed by atoms with E-state index in [4.69, 9.17) is 9.15 Å². The lowest BCUT2D eigenvalue weighted by molar-refractivity contribution is -0.111. The van der Waals surface area contributed by atoms with E-state index >= 15 is 0 Å². The molecule has 186 valence electrons. The number of carbonyl (C=O) groups excluding carboxylic acids is 1. The lowest BCUT2D eigenvalue weighted by atomic mass is 10.1. The van der Waals surface area contributed by atoms with Gasteiger partial charge in [-0.05, 0) is 49.4 Å². The van der Waals surface area contributed by atoms with Gasteiger partial charge >= 0.3 is 0 Å². The molecular formula is C27H20F2N4O4. The van der Waals surface area contributed by atoms with Gasteiger partial charge in [-0.3, -0.25) is 9.59 Å². The largest absolute Gasteiger partial charge is 0.452 e. The Kier molecular flexibility index (Phi) is 6.00. The average molecular weight is 502 g/mol. The van der Waals surface area contributed by atoms with E-state index < -0.39 is 17.5 Å². The minimum Gasteiger partial charge on any atom is -0.452 e. The highest BCUT2D eigenvalue weighted by Gasteiger charge is 2.26. The highest BCUT2D eigenvalue weighted by Crippen LogP contribution is 2.36. The van der Waals surface area contributed by atoms with Crippen LogP contribution >= 0.6 is 0 Å². The minimum absolute atomic E-state index is 0.142. The van der Waals surface area contributed by atoms with Gasteiger partial charge in [-0.15, -0.1) is 10.2 Å². The molecule has 8 nitrogen and oxygen atoms in total. The average Bonchev–Trinajstić information content (AvgIpc) is 3.51. The quantitative estimate of drug-likeness (QED) is 0.367. The number of ether oxygens (including phenoxy) is 1.